The van der Waals surface area contributed by atoms with Crippen LogP contribution in [0.5, 0.6) is 0 Å². The predicted molar refractivity (Wildman–Crippen MR) is 74.9 cm³/mol. The first kappa shape index (κ1) is 14.9. The van der Waals surface area contributed by atoms with Crippen molar-refractivity contribution in [1.82, 2.24) is 20.5 Å². The Morgan fingerprint density at radius 3 is 2.85 bits per heavy atom. The maximum absolute atomic E-state index is 11.9. The molecule has 1 aliphatic heterocycles. The van der Waals surface area contributed by atoms with Gasteiger partial charge < -0.3 is 15.7 Å². The molecule has 7 nitrogen and oxygen atoms in total. The quantitative estimate of drug-likeness (QED) is 0.704. The smallest absolute Gasteiger partial charge is 0.355 e. The average Bonchev–Trinajstić information content (AvgIpc) is 2.89. The van der Waals surface area contributed by atoms with Gasteiger partial charge in [-0.15, -0.1) is 11.3 Å². The van der Waals surface area contributed by atoms with Crippen LogP contribution in [0.25, 0.3) is 0 Å². The number of thiazole rings is 1. The molecule has 0 aromatic carbocycles. The molecule has 8 heteroatoms. The molecule has 0 saturated carbocycles. The number of amides is 1. The van der Waals surface area contributed by atoms with Crippen LogP contribution < -0.4 is 10.6 Å². The lowest BCUT2D eigenvalue weighted by Gasteiger charge is -2.26. The molecule has 0 aliphatic carbocycles. The molecule has 1 saturated heterocycles. The van der Waals surface area contributed by atoms with Crippen molar-refractivity contribution in [2.75, 3.05) is 32.7 Å². The number of carboxylic acid groups (broad SMARTS) is 1. The van der Waals surface area contributed by atoms with Crippen LogP contribution in [0.15, 0.2) is 5.38 Å². The Hall–Kier alpha value is -1.51. The fourth-order valence-corrected chi connectivity index (χ4v) is 2.81. The summed E-state index contributed by atoms with van der Waals surface area (Å²) in [6.07, 6.45) is 0. The first-order valence-electron chi connectivity index (χ1n) is 6.47. The monoisotopic (exact) mass is 298 g/mol. The van der Waals surface area contributed by atoms with E-state index in [1.807, 2.05) is 0 Å². The topological polar surface area (TPSA) is 94.6 Å². The Balaban J connectivity index is 1.84. The zero-order valence-electron chi connectivity index (χ0n) is 11.3. The van der Waals surface area contributed by atoms with E-state index in [1.54, 1.807) is 6.92 Å². The molecule has 110 valence electrons. The van der Waals surface area contributed by atoms with Crippen LogP contribution in [0.4, 0.5) is 0 Å². The number of carbonyl (C=O) groups is 2. The van der Waals surface area contributed by atoms with Gasteiger partial charge in [-0.05, 0) is 6.92 Å². The molecule has 20 heavy (non-hydrogen) atoms. The van der Waals surface area contributed by atoms with Crippen LogP contribution in [0.3, 0.4) is 0 Å². The molecule has 1 amide bonds. The molecule has 2 heterocycles. The maximum Gasteiger partial charge on any atom is 0.355 e. The summed E-state index contributed by atoms with van der Waals surface area (Å²) < 4.78 is 0. The summed E-state index contributed by atoms with van der Waals surface area (Å²) in [6.45, 7) is 5.70. The summed E-state index contributed by atoms with van der Waals surface area (Å²) in [6, 6.07) is -0.275. The second-order valence-electron chi connectivity index (χ2n) is 4.69. The van der Waals surface area contributed by atoms with Gasteiger partial charge in [-0.2, -0.15) is 0 Å². The largest absolute Gasteiger partial charge is 0.476 e. The Morgan fingerprint density at radius 2 is 2.25 bits per heavy atom. The molecule has 0 bridgehead atoms. The number of carbonyl (C=O) groups excluding carboxylic acids is 1. The minimum Gasteiger partial charge on any atom is -0.476 e. The molecule has 1 aromatic rings. The number of piperazine rings is 1. The van der Waals surface area contributed by atoms with Crippen molar-refractivity contribution < 1.29 is 14.7 Å². The highest BCUT2D eigenvalue weighted by molar-refractivity contribution is 7.09. The summed E-state index contributed by atoms with van der Waals surface area (Å²) in [7, 11) is 0. The summed E-state index contributed by atoms with van der Waals surface area (Å²) in [4.78, 5) is 28.8. The second-order valence-corrected chi connectivity index (χ2v) is 5.58. The minimum absolute atomic E-state index is 0.0215. The number of nitrogens with zero attached hydrogens (tertiary/aromatic N) is 2. The van der Waals surface area contributed by atoms with Crippen LogP contribution >= 0.6 is 11.3 Å². The van der Waals surface area contributed by atoms with E-state index < -0.39 is 5.97 Å². The summed E-state index contributed by atoms with van der Waals surface area (Å²) in [5, 5.41) is 17.0. The zero-order valence-corrected chi connectivity index (χ0v) is 12.1. The van der Waals surface area contributed by atoms with Gasteiger partial charge in [0.05, 0.1) is 12.6 Å². The lowest BCUT2D eigenvalue weighted by molar-refractivity contribution is -0.123. The molecule has 1 fully saturated rings. The Morgan fingerprint density at radius 1 is 1.55 bits per heavy atom. The summed E-state index contributed by atoms with van der Waals surface area (Å²) in [5.41, 5.74) is 0.0215. The maximum atomic E-state index is 11.9. The van der Waals surface area contributed by atoms with Crippen molar-refractivity contribution in [3.63, 3.8) is 0 Å². The predicted octanol–water partition coefficient (Wildman–Crippen LogP) is -0.0763. The number of hydrogen-bond donors (Lipinski definition) is 3. The molecule has 2 rings (SSSR count). The first-order chi connectivity index (χ1) is 9.56. The van der Waals surface area contributed by atoms with Gasteiger partial charge >= 0.3 is 5.97 Å². The SMILES string of the molecule is CC(NC(=O)CN1CCNCC1)c1nc(C(=O)O)cs1. The normalized spacial score (nSPS) is 17.6. The number of hydrogen-bond acceptors (Lipinski definition) is 6. The minimum atomic E-state index is -1.05. The Kier molecular flexibility index (Phi) is 5.05. The van der Waals surface area contributed by atoms with E-state index in [4.69, 9.17) is 5.11 Å². The fourth-order valence-electron chi connectivity index (χ4n) is 2.01. The van der Waals surface area contributed by atoms with Crippen LogP contribution in [-0.4, -0.2) is 59.6 Å². The fraction of sp³-hybridized carbons (Fsp3) is 0.583. The highest BCUT2D eigenvalue weighted by atomic mass is 32.1. The van der Waals surface area contributed by atoms with E-state index in [2.05, 4.69) is 20.5 Å². The van der Waals surface area contributed by atoms with Gasteiger partial charge in [0.25, 0.3) is 0 Å². The Labute approximate surface area is 121 Å². The van der Waals surface area contributed by atoms with Crippen LogP contribution in [0.2, 0.25) is 0 Å². The molecule has 0 spiro atoms. The van der Waals surface area contributed by atoms with E-state index in [0.29, 0.717) is 11.6 Å². The number of rotatable bonds is 5. The molecular weight excluding hydrogens is 280 g/mol. The van der Waals surface area contributed by atoms with Crippen LogP contribution in [-0.2, 0) is 4.79 Å². The summed E-state index contributed by atoms with van der Waals surface area (Å²) >= 11 is 1.24. The van der Waals surface area contributed by atoms with E-state index in [9.17, 15) is 9.59 Å². The van der Waals surface area contributed by atoms with Crippen molar-refractivity contribution in [2.24, 2.45) is 0 Å². The zero-order chi connectivity index (χ0) is 14.5. The number of aromatic carboxylic acids is 1. The average molecular weight is 298 g/mol. The number of nitrogens with one attached hydrogen (secondary N) is 2. The molecule has 1 unspecified atom stereocenters. The number of carboxylic acids is 1. The highest BCUT2D eigenvalue weighted by Gasteiger charge is 2.18. The molecular formula is C12H18N4O3S. The van der Waals surface area contributed by atoms with Crippen molar-refractivity contribution in [1.29, 1.82) is 0 Å². The Bertz CT molecular complexity index is 485. The number of aromatic nitrogens is 1. The van der Waals surface area contributed by atoms with Crippen LogP contribution in [0, 0.1) is 0 Å². The van der Waals surface area contributed by atoms with Gasteiger partial charge in [-0.25, -0.2) is 9.78 Å². The van der Waals surface area contributed by atoms with E-state index >= 15 is 0 Å². The first-order valence-corrected chi connectivity index (χ1v) is 7.35. The lowest BCUT2D eigenvalue weighted by atomic mass is 10.3. The van der Waals surface area contributed by atoms with Crippen molar-refractivity contribution in [2.45, 2.75) is 13.0 Å². The van der Waals surface area contributed by atoms with E-state index in [-0.39, 0.29) is 17.6 Å². The van der Waals surface area contributed by atoms with Gasteiger partial charge in [-0.1, -0.05) is 0 Å². The van der Waals surface area contributed by atoms with Gasteiger partial charge in [0.2, 0.25) is 5.91 Å². The highest BCUT2D eigenvalue weighted by Crippen LogP contribution is 2.17. The van der Waals surface area contributed by atoms with Crippen molar-refractivity contribution >= 4 is 23.2 Å². The summed E-state index contributed by atoms with van der Waals surface area (Å²) in [5.74, 6) is -1.11. The lowest BCUT2D eigenvalue weighted by Crippen LogP contribution is -2.47. The van der Waals surface area contributed by atoms with Gasteiger partial charge in [0.1, 0.15) is 5.01 Å². The van der Waals surface area contributed by atoms with E-state index in [0.717, 1.165) is 26.2 Å². The molecule has 0 radical (unpaired) electrons. The van der Waals surface area contributed by atoms with Crippen LogP contribution in [0.1, 0.15) is 28.5 Å². The standard InChI is InChI=1S/C12H18N4O3S/c1-8(11-15-9(7-20-11)12(18)19)14-10(17)6-16-4-2-13-3-5-16/h7-8,13H,2-6H2,1H3,(H,14,17)(H,18,19). The molecule has 1 atom stereocenters. The van der Waals surface area contributed by atoms with Crippen molar-refractivity contribution in [3.8, 4) is 0 Å². The molecule has 3 N–H and O–H groups in total. The third kappa shape index (κ3) is 3.99. The van der Waals surface area contributed by atoms with Gasteiger partial charge in [-0.3, -0.25) is 9.69 Å². The molecule has 1 aliphatic rings. The van der Waals surface area contributed by atoms with E-state index in [1.165, 1.54) is 16.7 Å². The second kappa shape index (κ2) is 6.78. The van der Waals surface area contributed by atoms with Gasteiger partial charge in [0.15, 0.2) is 5.69 Å². The van der Waals surface area contributed by atoms with Gasteiger partial charge in [0, 0.05) is 31.6 Å². The third-order valence-electron chi connectivity index (χ3n) is 3.07. The van der Waals surface area contributed by atoms with Crippen molar-refractivity contribution in [3.05, 3.63) is 16.1 Å². The third-order valence-corrected chi connectivity index (χ3v) is 4.09. The molecule has 1 aromatic heterocycles.